The topological polar surface area (TPSA) is 59.9 Å². The van der Waals surface area contributed by atoms with E-state index in [4.69, 9.17) is 8.83 Å². The van der Waals surface area contributed by atoms with Gasteiger partial charge in [-0.05, 0) is 61.0 Å². The van der Waals surface area contributed by atoms with Crippen LogP contribution in [0, 0.1) is 18.3 Å². The molecular weight excluding hydrogens is 675 g/mol. The molecular formula is C50H29N3O2. The summed E-state index contributed by atoms with van der Waals surface area (Å²) >= 11 is 0. The minimum atomic E-state index is 0.585. The third-order valence-electron chi connectivity index (χ3n) is 11.5. The van der Waals surface area contributed by atoms with Crippen LogP contribution in [0.25, 0.3) is 110 Å². The maximum absolute atomic E-state index is 10.8. The molecule has 4 aromatic heterocycles. The molecule has 256 valence electrons. The van der Waals surface area contributed by atoms with E-state index in [1.165, 1.54) is 0 Å². The first-order valence-electron chi connectivity index (χ1n) is 18.5. The molecule has 8 aromatic carbocycles. The second kappa shape index (κ2) is 11.0. The maximum Gasteiger partial charge on any atom is 0.145 e. The van der Waals surface area contributed by atoms with Gasteiger partial charge in [0, 0.05) is 54.9 Å². The molecule has 0 saturated carbocycles. The molecule has 0 amide bonds. The second-order valence-corrected chi connectivity index (χ2v) is 14.4. The minimum absolute atomic E-state index is 0.585. The van der Waals surface area contributed by atoms with Gasteiger partial charge in [-0.2, -0.15) is 5.26 Å². The number of furan rings is 2. The van der Waals surface area contributed by atoms with Crippen molar-refractivity contribution < 1.29 is 8.83 Å². The van der Waals surface area contributed by atoms with E-state index in [2.05, 4.69) is 156 Å². The van der Waals surface area contributed by atoms with Crippen molar-refractivity contribution in [3.63, 3.8) is 0 Å². The van der Waals surface area contributed by atoms with Gasteiger partial charge in [-0.25, -0.2) is 0 Å². The van der Waals surface area contributed by atoms with Gasteiger partial charge in [-0.15, -0.1) is 0 Å². The van der Waals surface area contributed by atoms with Gasteiger partial charge in [0.05, 0.1) is 44.4 Å². The van der Waals surface area contributed by atoms with Crippen LogP contribution >= 0.6 is 0 Å². The summed E-state index contributed by atoms with van der Waals surface area (Å²) in [6.45, 7) is 2.09. The molecule has 0 aliphatic heterocycles. The minimum Gasteiger partial charge on any atom is -0.456 e. The highest BCUT2D eigenvalue weighted by molar-refractivity contribution is 6.24. The van der Waals surface area contributed by atoms with E-state index in [0.29, 0.717) is 5.56 Å². The Labute approximate surface area is 314 Å². The summed E-state index contributed by atoms with van der Waals surface area (Å²) in [5.74, 6) is 0. The van der Waals surface area contributed by atoms with Gasteiger partial charge >= 0.3 is 0 Å². The molecule has 0 aliphatic rings. The molecule has 0 unspecified atom stereocenters. The lowest BCUT2D eigenvalue weighted by atomic mass is 9.98. The van der Waals surface area contributed by atoms with Crippen LogP contribution in [0.2, 0.25) is 0 Å². The average molecular weight is 704 g/mol. The summed E-state index contributed by atoms with van der Waals surface area (Å²) in [4.78, 5) is 0. The molecule has 0 bridgehead atoms. The third-order valence-corrected chi connectivity index (χ3v) is 11.5. The highest BCUT2D eigenvalue weighted by Crippen LogP contribution is 2.45. The smallest absolute Gasteiger partial charge is 0.145 e. The van der Waals surface area contributed by atoms with Gasteiger partial charge in [-0.1, -0.05) is 103 Å². The SMILES string of the molecule is Cc1cccc2c1oc1cc3c(cc12)c1ccccc1n3-c1c(C#N)cccc1-c1ccccc1-n1c2ccccc2c2c3oc4ccccc4c3ccc21. The Morgan fingerprint density at radius 2 is 1.13 bits per heavy atom. The van der Waals surface area contributed by atoms with Crippen LogP contribution in [0.4, 0.5) is 0 Å². The molecule has 0 radical (unpaired) electrons. The highest BCUT2D eigenvalue weighted by Gasteiger charge is 2.24. The maximum atomic E-state index is 10.8. The van der Waals surface area contributed by atoms with Crippen LogP contribution in [0.5, 0.6) is 0 Å². The lowest BCUT2D eigenvalue weighted by molar-refractivity contribution is 0.666. The number of nitriles is 1. The Hall–Kier alpha value is -7.55. The van der Waals surface area contributed by atoms with Crippen molar-refractivity contribution in [3.8, 4) is 28.6 Å². The van der Waals surface area contributed by atoms with Crippen molar-refractivity contribution in [2.75, 3.05) is 0 Å². The molecule has 0 aliphatic carbocycles. The number of hydrogen-bond donors (Lipinski definition) is 0. The van der Waals surface area contributed by atoms with E-state index in [1.54, 1.807) is 0 Å². The number of para-hydroxylation sites is 6. The van der Waals surface area contributed by atoms with Gasteiger partial charge in [0.25, 0.3) is 0 Å². The number of benzene rings is 8. The zero-order chi connectivity index (χ0) is 36.4. The molecule has 0 spiro atoms. The normalized spacial score (nSPS) is 12.1. The molecule has 5 nitrogen and oxygen atoms in total. The van der Waals surface area contributed by atoms with Crippen molar-refractivity contribution in [2.24, 2.45) is 0 Å². The van der Waals surface area contributed by atoms with Crippen molar-refractivity contribution in [2.45, 2.75) is 6.92 Å². The Balaban J connectivity index is 1.18. The molecule has 0 N–H and O–H groups in total. The van der Waals surface area contributed by atoms with E-state index in [9.17, 15) is 5.26 Å². The number of rotatable bonds is 3. The van der Waals surface area contributed by atoms with Gasteiger partial charge in [0.15, 0.2) is 0 Å². The van der Waals surface area contributed by atoms with Crippen LogP contribution in [0.15, 0.2) is 167 Å². The summed E-state index contributed by atoms with van der Waals surface area (Å²) in [5.41, 5.74) is 13.1. The number of aromatic nitrogens is 2. The fourth-order valence-electron chi connectivity index (χ4n) is 9.12. The Kier molecular flexibility index (Phi) is 5.99. The highest BCUT2D eigenvalue weighted by atomic mass is 16.3. The fourth-order valence-corrected chi connectivity index (χ4v) is 9.12. The molecule has 0 saturated heterocycles. The quantitative estimate of drug-likeness (QED) is 0.184. The zero-order valence-electron chi connectivity index (χ0n) is 29.7. The van der Waals surface area contributed by atoms with Gasteiger partial charge in [0.1, 0.15) is 28.4 Å². The number of aryl methyl sites for hydroxylation is 1. The first-order chi connectivity index (χ1) is 27.2. The standard InChI is InChI=1S/C50H29N3O2/c1-29-12-10-19-35-39-26-38-32-15-3-7-21-41(32)53(44(38)27-46(39)55-49(29)35)48-30(28-51)13-11-18-34(48)31-14-2-6-20-40(31)52-42-22-8-4-17-37(42)47-43(52)25-24-36-33-16-5-9-23-45(33)54-50(36)47/h2-27H,1H3. The molecule has 5 heteroatoms. The lowest BCUT2D eigenvalue weighted by Gasteiger charge is -2.19. The summed E-state index contributed by atoms with van der Waals surface area (Å²) in [5, 5.41) is 19.6. The molecule has 12 rings (SSSR count). The van der Waals surface area contributed by atoms with E-state index in [-0.39, 0.29) is 0 Å². The van der Waals surface area contributed by atoms with E-state index >= 15 is 0 Å². The third kappa shape index (κ3) is 4.00. The molecule has 0 atom stereocenters. The Morgan fingerprint density at radius 3 is 2.00 bits per heavy atom. The van der Waals surface area contributed by atoms with E-state index in [0.717, 1.165) is 116 Å². The summed E-state index contributed by atoms with van der Waals surface area (Å²) in [6.07, 6.45) is 0. The van der Waals surface area contributed by atoms with Crippen LogP contribution in [-0.2, 0) is 0 Å². The number of nitrogens with zero attached hydrogens (tertiary/aromatic N) is 3. The van der Waals surface area contributed by atoms with Gasteiger partial charge in [0.2, 0.25) is 0 Å². The molecule has 12 aromatic rings. The van der Waals surface area contributed by atoms with Crippen LogP contribution in [-0.4, -0.2) is 9.13 Å². The molecule has 4 heterocycles. The molecule has 0 fully saturated rings. The van der Waals surface area contributed by atoms with Crippen LogP contribution < -0.4 is 0 Å². The van der Waals surface area contributed by atoms with Crippen LogP contribution in [0.1, 0.15) is 11.1 Å². The first-order valence-corrected chi connectivity index (χ1v) is 18.5. The first kappa shape index (κ1) is 30.0. The summed E-state index contributed by atoms with van der Waals surface area (Å²) in [7, 11) is 0. The summed E-state index contributed by atoms with van der Waals surface area (Å²) in [6, 6.07) is 57.5. The summed E-state index contributed by atoms with van der Waals surface area (Å²) < 4.78 is 17.8. The average Bonchev–Trinajstić information content (AvgIpc) is 3.97. The van der Waals surface area contributed by atoms with Crippen molar-refractivity contribution >= 4 is 87.5 Å². The van der Waals surface area contributed by atoms with E-state index < -0.39 is 0 Å². The Morgan fingerprint density at radius 1 is 0.455 bits per heavy atom. The molecule has 55 heavy (non-hydrogen) atoms. The van der Waals surface area contributed by atoms with E-state index in [1.807, 2.05) is 24.3 Å². The predicted molar refractivity (Wildman–Crippen MR) is 225 cm³/mol. The van der Waals surface area contributed by atoms with Gasteiger partial charge < -0.3 is 18.0 Å². The van der Waals surface area contributed by atoms with Crippen molar-refractivity contribution in [1.29, 1.82) is 5.26 Å². The van der Waals surface area contributed by atoms with Crippen LogP contribution in [0.3, 0.4) is 0 Å². The monoisotopic (exact) mass is 703 g/mol. The zero-order valence-corrected chi connectivity index (χ0v) is 29.7. The second-order valence-electron chi connectivity index (χ2n) is 14.4. The van der Waals surface area contributed by atoms with Crippen molar-refractivity contribution in [1.82, 2.24) is 9.13 Å². The van der Waals surface area contributed by atoms with Gasteiger partial charge in [-0.3, -0.25) is 0 Å². The lowest BCUT2D eigenvalue weighted by Crippen LogP contribution is -2.03. The van der Waals surface area contributed by atoms with Crippen molar-refractivity contribution in [3.05, 3.63) is 169 Å². The predicted octanol–water partition coefficient (Wildman–Crippen LogP) is 13.5. The fraction of sp³-hybridized carbons (Fsp3) is 0.0200. The largest absolute Gasteiger partial charge is 0.456 e. The number of fused-ring (bicyclic) bond motifs is 13. The Bertz CT molecular complexity index is 3640. The number of hydrogen-bond acceptors (Lipinski definition) is 3.